The number of fused-ring (bicyclic) bond motifs is 1. The first kappa shape index (κ1) is 11.2. The van der Waals surface area contributed by atoms with Crippen molar-refractivity contribution in [3.05, 3.63) is 29.3 Å². The molecule has 1 aromatic heterocycles. The Kier molecular flexibility index (Phi) is 3.03. The molecule has 0 aliphatic heterocycles. The van der Waals surface area contributed by atoms with Gasteiger partial charge in [0.2, 0.25) is 0 Å². The van der Waals surface area contributed by atoms with Gasteiger partial charge in [-0.15, -0.1) is 11.3 Å². The Morgan fingerprint density at radius 1 is 1.50 bits per heavy atom. The lowest BCUT2D eigenvalue weighted by atomic mass is 10.00. The molecule has 84 valence electrons. The first-order valence-corrected chi connectivity index (χ1v) is 5.93. The number of aldehydes is 1. The number of aliphatic hydroxyl groups is 1. The fraction of sp³-hybridized carbons (Fsp3) is 0.333. The highest BCUT2D eigenvalue weighted by molar-refractivity contribution is 7.18. The van der Waals surface area contributed by atoms with Crippen LogP contribution in [0.2, 0.25) is 0 Å². The molecule has 1 heterocycles. The SMILES string of the molecule is CC(O)(CC=O)Cc1nc2ccccc2s1. The third-order valence-corrected chi connectivity index (χ3v) is 3.43. The summed E-state index contributed by atoms with van der Waals surface area (Å²) in [6.45, 7) is 1.66. The molecule has 0 fully saturated rings. The zero-order valence-electron chi connectivity index (χ0n) is 9.01. The molecule has 1 N–H and O–H groups in total. The Morgan fingerprint density at radius 3 is 2.94 bits per heavy atom. The molecule has 0 spiro atoms. The predicted octanol–water partition coefficient (Wildman–Crippen LogP) is 2.18. The van der Waals surface area contributed by atoms with E-state index in [2.05, 4.69) is 4.98 Å². The van der Waals surface area contributed by atoms with Crippen molar-refractivity contribution >= 4 is 27.8 Å². The van der Waals surface area contributed by atoms with E-state index in [4.69, 9.17) is 0 Å². The van der Waals surface area contributed by atoms with Gasteiger partial charge in [0.25, 0.3) is 0 Å². The molecule has 0 radical (unpaired) electrons. The lowest BCUT2D eigenvalue weighted by molar-refractivity contribution is -0.111. The molecule has 2 aromatic rings. The van der Waals surface area contributed by atoms with Gasteiger partial charge in [0.05, 0.1) is 20.8 Å². The summed E-state index contributed by atoms with van der Waals surface area (Å²) in [7, 11) is 0. The Bertz CT molecular complexity index is 471. The first-order valence-electron chi connectivity index (χ1n) is 5.11. The molecule has 1 unspecified atom stereocenters. The maximum atomic E-state index is 10.4. The van der Waals surface area contributed by atoms with Crippen LogP contribution in [0.4, 0.5) is 0 Å². The van der Waals surface area contributed by atoms with Gasteiger partial charge in [0.1, 0.15) is 6.29 Å². The van der Waals surface area contributed by atoms with E-state index in [9.17, 15) is 9.90 Å². The zero-order chi connectivity index (χ0) is 11.6. The standard InChI is InChI=1S/C12H13NO2S/c1-12(15,6-7-14)8-11-13-9-4-2-3-5-10(9)16-11/h2-5,7,15H,6,8H2,1H3. The number of carbonyl (C=O) groups is 1. The summed E-state index contributed by atoms with van der Waals surface area (Å²) in [6, 6.07) is 7.86. The number of rotatable bonds is 4. The Balaban J connectivity index is 2.24. The molecule has 0 saturated heterocycles. The molecular formula is C12H13NO2S. The highest BCUT2D eigenvalue weighted by Crippen LogP contribution is 2.25. The van der Waals surface area contributed by atoms with Gasteiger partial charge in [0.15, 0.2) is 0 Å². The van der Waals surface area contributed by atoms with E-state index >= 15 is 0 Å². The van der Waals surface area contributed by atoms with Crippen LogP contribution in [0.1, 0.15) is 18.4 Å². The molecule has 2 rings (SSSR count). The number of aromatic nitrogens is 1. The van der Waals surface area contributed by atoms with Gasteiger partial charge in [-0.05, 0) is 19.1 Å². The van der Waals surface area contributed by atoms with Gasteiger partial charge < -0.3 is 9.90 Å². The number of thiazole rings is 1. The number of para-hydroxylation sites is 1. The van der Waals surface area contributed by atoms with E-state index < -0.39 is 5.60 Å². The summed E-state index contributed by atoms with van der Waals surface area (Å²) < 4.78 is 1.11. The average molecular weight is 235 g/mol. The molecule has 3 nitrogen and oxygen atoms in total. The predicted molar refractivity (Wildman–Crippen MR) is 64.6 cm³/mol. The van der Waals surface area contributed by atoms with Gasteiger partial charge in [-0.2, -0.15) is 0 Å². The van der Waals surface area contributed by atoms with Crippen LogP contribution in [0, 0.1) is 0 Å². The number of hydrogen-bond acceptors (Lipinski definition) is 4. The minimum Gasteiger partial charge on any atom is -0.389 e. The van der Waals surface area contributed by atoms with E-state index in [-0.39, 0.29) is 6.42 Å². The van der Waals surface area contributed by atoms with Crippen LogP contribution in [0.5, 0.6) is 0 Å². The van der Waals surface area contributed by atoms with Crippen LogP contribution in [0.25, 0.3) is 10.2 Å². The number of carbonyl (C=O) groups excluding carboxylic acids is 1. The van der Waals surface area contributed by atoms with Crippen molar-refractivity contribution in [1.82, 2.24) is 4.98 Å². The van der Waals surface area contributed by atoms with Crippen LogP contribution in [-0.2, 0) is 11.2 Å². The summed E-state index contributed by atoms with van der Waals surface area (Å²) in [5.74, 6) is 0. The highest BCUT2D eigenvalue weighted by atomic mass is 32.1. The van der Waals surface area contributed by atoms with Gasteiger partial charge in [0, 0.05) is 12.8 Å². The molecule has 0 aliphatic rings. The van der Waals surface area contributed by atoms with E-state index in [0.29, 0.717) is 6.42 Å². The second-order valence-electron chi connectivity index (χ2n) is 4.12. The molecule has 0 aliphatic carbocycles. The quantitative estimate of drug-likeness (QED) is 0.826. The molecule has 0 bridgehead atoms. The van der Waals surface area contributed by atoms with Gasteiger partial charge >= 0.3 is 0 Å². The fourth-order valence-corrected chi connectivity index (χ4v) is 2.72. The Hall–Kier alpha value is -1.26. The largest absolute Gasteiger partial charge is 0.389 e. The van der Waals surface area contributed by atoms with Crippen molar-refractivity contribution in [2.75, 3.05) is 0 Å². The van der Waals surface area contributed by atoms with Crippen LogP contribution in [0.15, 0.2) is 24.3 Å². The third kappa shape index (κ3) is 2.46. The van der Waals surface area contributed by atoms with Gasteiger partial charge in [-0.3, -0.25) is 0 Å². The van der Waals surface area contributed by atoms with Crippen molar-refractivity contribution in [1.29, 1.82) is 0 Å². The smallest absolute Gasteiger partial charge is 0.122 e. The monoisotopic (exact) mass is 235 g/mol. The van der Waals surface area contributed by atoms with Gasteiger partial charge in [-0.1, -0.05) is 12.1 Å². The normalized spacial score (nSPS) is 14.9. The van der Waals surface area contributed by atoms with E-state index in [0.717, 1.165) is 21.5 Å². The second-order valence-corrected chi connectivity index (χ2v) is 5.24. The molecule has 4 heteroatoms. The fourth-order valence-electron chi connectivity index (χ4n) is 1.57. The molecule has 1 aromatic carbocycles. The lowest BCUT2D eigenvalue weighted by Gasteiger charge is -2.18. The van der Waals surface area contributed by atoms with Crippen molar-refractivity contribution in [2.45, 2.75) is 25.4 Å². The lowest BCUT2D eigenvalue weighted by Crippen LogP contribution is -2.27. The zero-order valence-corrected chi connectivity index (χ0v) is 9.83. The summed E-state index contributed by atoms with van der Waals surface area (Å²) >= 11 is 1.56. The van der Waals surface area contributed by atoms with E-state index in [1.165, 1.54) is 0 Å². The van der Waals surface area contributed by atoms with E-state index in [1.54, 1.807) is 18.3 Å². The Morgan fingerprint density at radius 2 is 2.25 bits per heavy atom. The number of benzene rings is 1. The molecular weight excluding hydrogens is 222 g/mol. The minimum atomic E-state index is -0.990. The minimum absolute atomic E-state index is 0.142. The topological polar surface area (TPSA) is 50.2 Å². The van der Waals surface area contributed by atoms with Crippen molar-refractivity contribution in [2.24, 2.45) is 0 Å². The third-order valence-electron chi connectivity index (χ3n) is 2.39. The van der Waals surface area contributed by atoms with Crippen molar-refractivity contribution in [3.63, 3.8) is 0 Å². The van der Waals surface area contributed by atoms with Crippen LogP contribution in [-0.4, -0.2) is 22.0 Å². The van der Waals surface area contributed by atoms with Crippen molar-refractivity contribution in [3.8, 4) is 0 Å². The van der Waals surface area contributed by atoms with Crippen molar-refractivity contribution < 1.29 is 9.90 Å². The molecule has 16 heavy (non-hydrogen) atoms. The number of hydrogen-bond donors (Lipinski definition) is 1. The molecule has 0 saturated carbocycles. The van der Waals surface area contributed by atoms with Crippen LogP contribution >= 0.6 is 11.3 Å². The summed E-state index contributed by atoms with van der Waals surface area (Å²) in [4.78, 5) is 14.8. The van der Waals surface area contributed by atoms with Crippen LogP contribution < -0.4 is 0 Å². The first-order chi connectivity index (χ1) is 7.61. The average Bonchev–Trinajstić information content (AvgIpc) is 2.58. The maximum Gasteiger partial charge on any atom is 0.122 e. The number of nitrogens with zero attached hydrogens (tertiary/aromatic N) is 1. The van der Waals surface area contributed by atoms with E-state index in [1.807, 2.05) is 24.3 Å². The molecule has 0 amide bonds. The maximum absolute atomic E-state index is 10.4. The second kappa shape index (κ2) is 4.31. The highest BCUT2D eigenvalue weighted by Gasteiger charge is 2.22. The summed E-state index contributed by atoms with van der Waals surface area (Å²) in [5, 5.41) is 10.8. The summed E-state index contributed by atoms with van der Waals surface area (Å²) in [5.41, 5.74) is -0.0419. The molecule has 1 atom stereocenters. The van der Waals surface area contributed by atoms with Gasteiger partial charge in [-0.25, -0.2) is 4.98 Å². The Labute approximate surface area is 97.8 Å². The summed E-state index contributed by atoms with van der Waals surface area (Å²) in [6.07, 6.45) is 1.31. The van der Waals surface area contributed by atoms with Crippen LogP contribution in [0.3, 0.4) is 0 Å².